The number of amides is 2. The lowest BCUT2D eigenvalue weighted by Gasteiger charge is -2.18. The van der Waals surface area contributed by atoms with Crippen LogP contribution in [-0.4, -0.2) is 34.8 Å². The molecule has 1 heterocycles. The summed E-state index contributed by atoms with van der Waals surface area (Å²) in [6.07, 6.45) is 2.00. The molecule has 1 unspecified atom stereocenters. The number of halogens is 1. The number of thioether (sulfide) groups is 1. The molecular weight excluding hydrogens is 437 g/mol. The number of nitrogens with one attached hydrogen (secondary N) is 3. The highest BCUT2D eigenvalue weighted by Crippen LogP contribution is 2.30. The number of hydrogen-bond acceptors (Lipinski definition) is 3. The molecule has 2 amide bonds. The molecule has 3 N–H and O–H groups in total. The maximum atomic E-state index is 13.0. The van der Waals surface area contributed by atoms with Gasteiger partial charge in [-0.25, -0.2) is 4.39 Å². The SMILES string of the molecule is O=C(CSCC(=O)Nc1ccc(F)cc1)NCC(c1ccccc1)c1c[nH]c2ccccc12. The van der Waals surface area contributed by atoms with Crippen molar-refractivity contribution >= 4 is 40.2 Å². The topological polar surface area (TPSA) is 74.0 Å². The summed E-state index contributed by atoms with van der Waals surface area (Å²) in [5, 5.41) is 6.84. The molecule has 5 nitrogen and oxygen atoms in total. The van der Waals surface area contributed by atoms with Gasteiger partial charge in [0.2, 0.25) is 11.8 Å². The van der Waals surface area contributed by atoms with Gasteiger partial charge in [-0.15, -0.1) is 11.8 Å². The lowest BCUT2D eigenvalue weighted by molar-refractivity contribution is -0.118. The fourth-order valence-electron chi connectivity index (χ4n) is 3.71. The number of fused-ring (bicyclic) bond motifs is 1. The normalized spacial score (nSPS) is 11.8. The first-order valence-electron chi connectivity index (χ1n) is 10.6. The molecule has 0 bridgehead atoms. The molecule has 0 saturated heterocycles. The van der Waals surface area contributed by atoms with Crippen LogP contribution in [0.25, 0.3) is 10.9 Å². The average molecular weight is 462 g/mol. The highest BCUT2D eigenvalue weighted by Gasteiger charge is 2.19. The van der Waals surface area contributed by atoms with E-state index in [0.717, 1.165) is 22.0 Å². The molecule has 0 aliphatic rings. The fraction of sp³-hybridized carbons (Fsp3) is 0.154. The number of para-hydroxylation sites is 1. The Morgan fingerprint density at radius 2 is 1.58 bits per heavy atom. The van der Waals surface area contributed by atoms with Crippen molar-refractivity contribution in [2.45, 2.75) is 5.92 Å². The van der Waals surface area contributed by atoms with Gasteiger partial charge in [0.25, 0.3) is 0 Å². The van der Waals surface area contributed by atoms with Crippen molar-refractivity contribution in [3.05, 3.63) is 102 Å². The number of rotatable bonds is 9. The van der Waals surface area contributed by atoms with E-state index >= 15 is 0 Å². The molecule has 7 heteroatoms. The van der Waals surface area contributed by atoms with Gasteiger partial charge >= 0.3 is 0 Å². The second-order valence-electron chi connectivity index (χ2n) is 7.60. The minimum atomic E-state index is -0.361. The maximum Gasteiger partial charge on any atom is 0.234 e. The lowest BCUT2D eigenvalue weighted by atomic mass is 9.91. The van der Waals surface area contributed by atoms with Gasteiger partial charge in [-0.1, -0.05) is 48.5 Å². The highest BCUT2D eigenvalue weighted by molar-refractivity contribution is 8.00. The minimum absolute atomic E-state index is 0.00178. The zero-order chi connectivity index (χ0) is 23.0. The summed E-state index contributed by atoms with van der Waals surface area (Å²) in [4.78, 5) is 27.8. The number of H-pyrrole nitrogens is 1. The molecule has 33 heavy (non-hydrogen) atoms. The van der Waals surface area contributed by atoms with E-state index in [0.29, 0.717) is 12.2 Å². The van der Waals surface area contributed by atoms with Crippen molar-refractivity contribution in [1.82, 2.24) is 10.3 Å². The molecule has 0 aliphatic heterocycles. The summed E-state index contributed by atoms with van der Waals surface area (Å²) in [5.41, 5.74) is 3.83. The van der Waals surface area contributed by atoms with Gasteiger partial charge in [0.1, 0.15) is 5.82 Å². The smallest absolute Gasteiger partial charge is 0.234 e. The Kier molecular flexibility index (Phi) is 7.42. The third-order valence-electron chi connectivity index (χ3n) is 5.30. The third kappa shape index (κ3) is 6.02. The summed E-state index contributed by atoms with van der Waals surface area (Å²) >= 11 is 1.24. The molecule has 168 valence electrons. The molecule has 4 aromatic rings. The van der Waals surface area contributed by atoms with E-state index in [1.54, 1.807) is 0 Å². The van der Waals surface area contributed by atoms with Crippen LogP contribution in [0.1, 0.15) is 17.0 Å². The van der Waals surface area contributed by atoms with E-state index in [1.807, 2.05) is 42.6 Å². The van der Waals surface area contributed by atoms with E-state index in [4.69, 9.17) is 0 Å². The Morgan fingerprint density at radius 3 is 2.36 bits per heavy atom. The predicted molar refractivity (Wildman–Crippen MR) is 132 cm³/mol. The minimum Gasteiger partial charge on any atom is -0.361 e. The number of carbonyl (C=O) groups is 2. The van der Waals surface area contributed by atoms with E-state index in [2.05, 4.69) is 33.8 Å². The number of anilines is 1. The first kappa shape index (κ1) is 22.6. The Hall–Kier alpha value is -3.58. The van der Waals surface area contributed by atoms with Crippen LogP contribution in [0.3, 0.4) is 0 Å². The molecule has 3 aromatic carbocycles. The predicted octanol–water partition coefficient (Wildman–Crippen LogP) is 4.93. The van der Waals surface area contributed by atoms with Gasteiger partial charge in [0.15, 0.2) is 0 Å². The lowest BCUT2D eigenvalue weighted by Crippen LogP contribution is -2.30. The second-order valence-corrected chi connectivity index (χ2v) is 8.59. The van der Waals surface area contributed by atoms with E-state index in [-0.39, 0.29) is 35.1 Å². The summed E-state index contributed by atoms with van der Waals surface area (Å²) in [5.74, 6) is -0.420. The first-order chi connectivity index (χ1) is 16.1. The van der Waals surface area contributed by atoms with Gasteiger partial charge in [0.05, 0.1) is 11.5 Å². The second kappa shape index (κ2) is 10.8. The van der Waals surface area contributed by atoms with Crippen LogP contribution in [0.2, 0.25) is 0 Å². The quantitative estimate of drug-likeness (QED) is 0.331. The van der Waals surface area contributed by atoms with Crippen LogP contribution in [-0.2, 0) is 9.59 Å². The summed E-state index contributed by atoms with van der Waals surface area (Å²) in [6, 6.07) is 23.8. The highest BCUT2D eigenvalue weighted by atomic mass is 32.2. The van der Waals surface area contributed by atoms with Crippen molar-refractivity contribution in [1.29, 1.82) is 0 Å². The molecule has 0 spiro atoms. The van der Waals surface area contributed by atoms with Crippen LogP contribution >= 0.6 is 11.8 Å². The Balaban J connectivity index is 1.33. The van der Waals surface area contributed by atoms with E-state index in [1.165, 1.54) is 36.0 Å². The summed E-state index contributed by atoms with van der Waals surface area (Å²) in [7, 11) is 0. The van der Waals surface area contributed by atoms with Gasteiger partial charge in [-0.2, -0.15) is 0 Å². The molecule has 1 aromatic heterocycles. The molecule has 0 fully saturated rings. The van der Waals surface area contributed by atoms with Crippen LogP contribution < -0.4 is 10.6 Å². The van der Waals surface area contributed by atoms with Gasteiger partial charge in [0, 0.05) is 35.2 Å². The van der Waals surface area contributed by atoms with Crippen LogP contribution in [0.4, 0.5) is 10.1 Å². The van der Waals surface area contributed by atoms with Gasteiger partial charge in [-0.3, -0.25) is 9.59 Å². The van der Waals surface area contributed by atoms with Crippen LogP contribution in [0, 0.1) is 5.82 Å². The van der Waals surface area contributed by atoms with Crippen LogP contribution in [0.5, 0.6) is 0 Å². The average Bonchev–Trinajstić information content (AvgIpc) is 3.25. The van der Waals surface area contributed by atoms with Crippen molar-refractivity contribution < 1.29 is 14.0 Å². The zero-order valence-corrected chi connectivity index (χ0v) is 18.7. The standard InChI is InChI=1S/C26H24FN3O2S/c27-19-10-12-20(13-11-19)30-26(32)17-33-16-25(31)29-14-22(18-6-2-1-3-7-18)23-15-28-24-9-5-4-8-21(23)24/h1-13,15,22,28H,14,16-17H2,(H,29,31)(H,30,32). The third-order valence-corrected chi connectivity index (χ3v) is 6.23. The Labute approximate surface area is 195 Å². The Bertz CT molecular complexity index is 1230. The molecular formula is C26H24FN3O2S. The zero-order valence-electron chi connectivity index (χ0n) is 17.9. The molecule has 1 atom stereocenters. The van der Waals surface area contributed by atoms with Gasteiger partial charge < -0.3 is 15.6 Å². The number of hydrogen-bond donors (Lipinski definition) is 3. The maximum absolute atomic E-state index is 13.0. The number of aromatic nitrogens is 1. The molecule has 0 saturated carbocycles. The monoisotopic (exact) mass is 461 g/mol. The van der Waals surface area contributed by atoms with Crippen molar-refractivity contribution in [3.8, 4) is 0 Å². The van der Waals surface area contributed by atoms with Crippen molar-refractivity contribution in [3.63, 3.8) is 0 Å². The van der Waals surface area contributed by atoms with E-state index in [9.17, 15) is 14.0 Å². The summed E-state index contributed by atoms with van der Waals surface area (Å²) < 4.78 is 13.0. The van der Waals surface area contributed by atoms with Crippen LogP contribution in [0.15, 0.2) is 85.1 Å². The summed E-state index contributed by atoms with van der Waals surface area (Å²) in [6.45, 7) is 0.451. The molecule has 0 radical (unpaired) electrons. The van der Waals surface area contributed by atoms with Crippen molar-refractivity contribution in [2.24, 2.45) is 0 Å². The van der Waals surface area contributed by atoms with Crippen molar-refractivity contribution in [2.75, 3.05) is 23.4 Å². The fourth-order valence-corrected chi connectivity index (χ4v) is 4.36. The number of carbonyl (C=O) groups excluding carboxylic acids is 2. The molecule has 0 aliphatic carbocycles. The molecule has 4 rings (SSSR count). The largest absolute Gasteiger partial charge is 0.361 e. The van der Waals surface area contributed by atoms with Gasteiger partial charge in [-0.05, 0) is 41.5 Å². The first-order valence-corrected chi connectivity index (χ1v) is 11.8. The van der Waals surface area contributed by atoms with E-state index < -0.39 is 0 Å². The number of aromatic amines is 1. The number of benzene rings is 3. The Morgan fingerprint density at radius 1 is 0.879 bits per heavy atom.